The zero-order chi connectivity index (χ0) is 18.2. The quantitative estimate of drug-likeness (QED) is 0.716. The van der Waals surface area contributed by atoms with Crippen LogP contribution in [0, 0.1) is 6.92 Å². The molecule has 2 aromatic carbocycles. The standard InChI is InChI=1S/C20H23N3O2/c1-14(2)21-20(25)23-18-11-9-17(10-12-18)22-19(24)13-8-16-6-4-15(3)5-7-16/h4-14H,1-3H3,(H,22,24)(H2,21,23,25)/b13-8+. The van der Waals surface area contributed by atoms with Gasteiger partial charge in [0.2, 0.25) is 5.91 Å². The van der Waals surface area contributed by atoms with Crippen molar-refractivity contribution in [2.24, 2.45) is 0 Å². The maximum Gasteiger partial charge on any atom is 0.319 e. The fourth-order valence-electron chi connectivity index (χ4n) is 2.10. The van der Waals surface area contributed by atoms with Crippen LogP contribution in [-0.4, -0.2) is 18.0 Å². The van der Waals surface area contributed by atoms with Crippen molar-refractivity contribution < 1.29 is 9.59 Å². The molecule has 0 aliphatic heterocycles. The number of nitrogens with one attached hydrogen (secondary N) is 3. The Morgan fingerprint density at radius 3 is 2.00 bits per heavy atom. The predicted octanol–water partition coefficient (Wildman–Crippen LogP) is 4.18. The number of aryl methyl sites for hydroxylation is 1. The lowest BCUT2D eigenvalue weighted by Crippen LogP contribution is -2.34. The molecule has 0 heterocycles. The van der Waals surface area contributed by atoms with E-state index in [1.807, 2.05) is 45.0 Å². The van der Waals surface area contributed by atoms with Crippen LogP contribution in [0.15, 0.2) is 54.6 Å². The van der Waals surface area contributed by atoms with E-state index in [1.54, 1.807) is 30.3 Å². The first-order valence-corrected chi connectivity index (χ1v) is 8.16. The summed E-state index contributed by atoms with van der Waals surface area (Å²) in [6.07, 6.45) is 3.26. The van der Waals surface area contributed by atoms with E-state index >= 15 is 0 Å². The topological polar surface area (TPSA) is 70.2 Å². The van der Waals surface area contributed by atoms with Crippen LogP contribution in [0.25, 0.3) is 6.08 Å². The van der Waals surface area contributed by atoms with Gasteiger partial charge in [-0.1, -0.05) is 29.8 Å². The van der Waals surface area contributed by atoms with Gasteiger partial charge in [-0.3, -0.25) is 4.79 Å². The highest BCUT2D eigenvalue weighted by Crippen LogP contribution is 2.14. The fourth-order valence-corrected chi connectivity index (χ4v) is 2.10. The third-order valence-electron chi connectivity index (χ3n) is 3.33. The molecule has 2 aromatic rings. The van der Waals surface area contributed by atoms with Crippen LogP contribution in [0.1, 0.15) is 25.0 Å². The van der Waals surface area contributed by atoms with Crippen LogP contribution in [0.3, 0.4) is 0 Å². The molecule has 0 saturated carbocycles. The van der Waals surface area contributed by atoms with E-state index in [4.69, 9.17) is 0 Å². The highest BCUT2D eigenvalue weighted by Gasteiger charge is 2.03. The molecule has 0 fully saturated rings. The average Bonchev–Trinajstić information content (AvgIpc) is 2.55. The molecule has 3 amide bonds. The van der Waals surface area contributed by atoms with Crippen LogP contribution in [0.4, 0.5) is 16.2 Å². The first-order chi connectivity index (χ1) is 11.9. The molecule has 3 N–H and O–H groups in total. The number of anilines is 2. The summed E-state index contributed by atoms with van der Waals surface area (Å²) in [5.74, 6) is -0.209. The number of amides is 3. The molecule has 0 aromatic heterocycles. The van der Waals surface area contributed by atoms with E-state index in [9.17, 15) is 9.59 Å². The minimum absolute atomic E-state index is 0.0684. The van der Waals surface area contributed by atoms with Crippen LogP contribution in [-0.2, 0) is 4.79 Å². The molecule has 0 spiro atoms. The first kappa shape index (κ1) is 18.3. The van der Waals surface area contributed by atoms with Gasteiger partial charge in [0.15, 0.2) is 0 Å². The van der Waals surface area contributed by atoms with Crippen molar-refractivity contribution in [2.75, 3.05) is 10.6 Å². The largest absolute Gasteiger partial charge is 0.336 e. The van der Waals surface area contributed by atoms with Crippen molar-refractivity contribution in [2.45, 2.75) is 26.8 Å². The van der Waals surface area contributed by atoms with Gasteiger partial charge >= 0.3 is 6.03 Å². The normalized spacial score (nSPS) is 10.7. The molecule has 0 saturated heterocycles. The molecule has 130 valence electrons. The van der Waals surface area contributed by atoms with Gasteiger partial charge < -0.3 is 16.0 Å². The Kier molecular flexibility index (Phi) is 6.34. The zero-order valence-electron chi connectivity index (χ0n) is 14.7. The summed E-state index contributed by atoms with van der Waals surface area (Å²) in [5, 5.41) is 8.26. The van der Waals surface area contributed by atoms with Crippen LogP contribution >= 0.6 is 0 Å². The van der Waals surface area contributed by atoms with Crippen molar-refractivity contribution in [3.05, 3.63) is 65.7 Å². The number of carbonyl (C=O) groups excluding carboxylic acids is 2. The first-order valence-electron chi connectivity index (χ1n) is 8.16. The second kappa shape index (κ2) is 8.68. The fraction of sp³-hybridized carbons (Fsp3) is 0.200. The summed E-state index contributed by atoms with van der Waals surface area (Å²) < 4.78 is 0. The third-order valence-corrected chi connectivity index (χ3v) is 3.33. The number of carbonyl (C=O) groups is 2. The molecule has 0 bridgehead atoms. The maximum atomic E-state index is 12.0. The molecule has 25 heavy (non-hydrogen) atoms. The number of hydrogen-bond donors (Lipinski definition) is 3. The minimum Gasteiger partial charge on any atom is -0.336 e. The van der Waals surface area contributed by atoms with Crippen molar-refractivity contribution in [1.29, 1.82) is 0 Å². The lowest BCUT2D eigenvalue weighted by molar-refractivity contribution is -0.111. The second-order valence-electron chi connectivity index (χ2n) is 6.06. The number of urea groups is 1. The van der Waals surface area contributed by atoms with Gasteiger partial charge in [-0.2, -0.15) is 0 Å². The highest BCUT2D eigenvalue weighted by atomic mass is 16.2. The molecule has 5 heteroatoms. The molecule has 2 rings (SSSR count). The van der Waals surface area contributed by atoms with E-state index in [1.165, 1.54) is 11.6 Å². The third kappa shape index (κ3) is 6.51. The molecular formula is C20H23N3O2. The molecule has 0 atom stereocenters. The average molecular weight is 337 g/mol. The molecule has 0 aliphatic carbocycles. The molecule has 0 unspecified atom stereocenters. The lowest BCUT2D eigenvalue weighted by Gasteiger charge is -2.10. The minimum atomic E-state index is -0.257. The van der Waals surface area contributed by atoms with E-state index < -0.39 is 0 Å². The molecular weight excluding hydrogens is 314 g/mol. The summed E-state index contributed by atoms with van der Waals surface area (Å²) >= 11 is 0. The summed E-state index contributed by atoms with van der Waals surface area (Å²) in [5.41, 5.74) is 3.47. The summed E-state index contributed by atoms with van der Waals surface area (Å²) in [4.78, 5) is 23.6. The Balaban J connectivity index is 1.88. The van der Waals surface area contributed by atoms with Crippen molar-refractivity contribution >= 4 is 29.4 Å². The lowest BCUT2D eigenvalue weighted by atomic mass is 10.1. The smallest absolute Gasteiger partial charge is 0.319 e. The Labute approximate surface area is 148 Å². The van der Waals surface area contributed by atoms with E-state index in [2.05, 4.69) is 16.0 Å². The van der Waals surface area contributed by atoms with Gasteiger partial charge in [0, 0.05) is 23.5 Å². The molecule has 0 aliphatic rings. The monoisotopic (exact) mass is 337 g/mol. The highest BCUT2D eigenvalue weighted by molar-refractivity contribution is 6.02. The van der Waals surface area contributed by atoms with Crippen LogP contribution in [0.2, 0.25) is 0 Å². The number of benzene rings is 2. The van der Waals surface area contributed by atoms with Gasteiger partial charge in [0.25, 0.3) is 0 Å². The summed E-state index contributed by atoms with van der Waals surface area (Å²) in [6, 6.07) is 14.7. The van der Waals surface area contributed by atoms with Crippen LogP contribution in [0.5, 0.6) is 0 Å². The summed E-state index contributed by atoms with van der Waals surface area (Å²) in [7, 11) is 0. The van der Waals surface area contributed by atoms with Gasteiger partial charge in [-0.25, -0.2) is 4.79 Å². The Bertz CT molecular complexity index is 748. The Hall–Kier alpha value is -3.08. The van der Waals surface area contributed by atoms with E-state index in [-0.39, 0.29) is 18.0 Å². The Morgan fingerprint density at radius 1 is 0.880 bits per heavy atom. The predicted molar refractivity (Wildman–Crippen MR) is 103 cm³/mol. The van der Waals surface area contributed by atoms with Gasteiger partial charge in [0.05, 0.1) is 0 Å². The zero-order valence-corrected chi connectivity index (χ0v) is 14.7. The Morgan fingerprint density at radius 2 is 1.44 bits per heavy atom. The molecule has 0 radical (unpaired) electrons. The van der Waals surface area contributed by atoms with Gasteiger partial charge in [0.1, 0.15) is 0 Å². The molecule has 5 nitrogen and oxygen atoms in total. The van der Waals surface area contributed by atoms with Gasteiger partial charge in [-0.05, 0) is 56.7 Å². The van der Waals surface area contributed by atoms with Crippen molar-refractivity contribution in [1.82, 2.24) is 5.32 Å². The van der Waals surface area contributed by atoms with E-state index in [0.29, 0.717) is 11.4 Å². The summed E-state index contributed by atoms with van der Waals surface area (Å²) in [6.45, 7) is 5.80. The number of rotatable bonds is 5. The van der Waals surface area contributed by atoms with Gasteiger partial charge in [-0.15, -0.1) is 0 Å². The van der Waals surface area contributed by atoms with Crippen LogP contribution < -0.4 is 16.0 Å². The second-order valence-corrected chi connectivity index (χ2v) is 6.06. The van der Waals surface area contributed by atoms with E-state index in [0.717, 1.165) is 5.56 Å². The SMILES string of the molecule is Cc1ccc(/C=C/C(=O)Nc2ccc(NC(=O)NC(C)C)cc2)cc1. The van der Waals surface area contributed by atoms with Crippen molar-refractivity contribution in [3.63, 3.8) is 0 Å². The van der Waals surface area contributed by atoms with Crippen molar-refractivity contribution in [3.8, 4) is 0 Å². The maximum absolute atomic E-state index is 12.0. The number of hydrogen-bond acceptors (Lipinski definition) is 2.